The van der Waals surface area contributed by atoms with Crippen molar-refractivity contribution >= 4 is 5.97 Å². The van der Waals surface area contributed by atoms with Gasteiger partial charge in [-0.15, -0.1) is 0 Å². The van der Waals surface area contributed by atoms with Crippen molar-refractivity contribution in [1.82, 2.24) is 0 Å². The number of rotatable bonds is 7. The van der Waals surface area contributed by atoms with E-state index in [4.69, 9.17) is 9.47 Å². The lowest BCUT2D eigenvalue weighted by molar-refractivity contribution is -0.146. The van der Waals surface area contributed by atoms with E-state index in [-0.39, 0.29) is 5.97 Å². The molecule has 84 valence electrons. The molecular formula is C11H22O3. The maximum absolute atomic E-state index is 11.1. The fraction of sp³-hybridized carbons (Fsp3) is 0.909. The Labute approximate surface area is 86.8 Å². The summed E-state index contributed by atoms with van der Waals surface area (Å²) in [6, 6.07) is 0. The number of carbonyl (C=O) groups excluding carboxylic acids is 1. The molecule has 0 fully saturated rings. The third kappa shape index (κ3) is 9.52. The summed E-state index contributed by atoms with van der Waals surface area (Å²) in [7, 11) is 0. The van der Waals surface area contributed by atoms with Crippen LogP contribution < -0.4 is 0 Å². The Morgan fingerprint density at radius 1 is 1.07 bits per heavy atom. The Hall–Kier alpha value is -0.570. The molecule has 0 radical (unpaired) electrons. The van der Waals surface area contributed by atoms with Crippen molar-refractivity contribution < 1.29 is 14.3 Å². The molecule has 3 nitrogen and oxygen atoms in total. The average Bonchev–Trinajstić information content (AvgIpc) is 2.01. The molecule has 0 unspecified atom stereocenters. The summed E-state index contributed by atoms with van der Waals surface area (Å²) in [5.41, 5.74) is 0. The molecule has 0 aliphatic heterocycles. The van der Waals surface area contributed by atoms with E-state index in [0.29, 0.717) is 31.5 Å². The van der Waals surface area contributed by atoms with Crippen molar-refractivity contribution in [3.8, 4) is 0 Å². The molecule has 0 amide bonds. The molecular weight excluding hydrogens is 180 g/mol. The van der Waals surface area contributed by atoms with Crippen LogP contribution >= 0.6 is 0 Å². The van der Waals surface area contributed by atoms with Gasteiger partial charge in [-0.1, -0.05) is 27.7 Å². The number of hydrogen-bond acceptors (Lipinski definition) is 3. The maximum atomic E-state index is 11.1. The van der Waals surface area contributed by atoms with Crippen LogP contribution in [0.1, 0.15) is 34.1 Å². The normalized spacial score (nSPS) is 11.0. The van der Waals surface area contributed by atoms with Crippen LogP contribution in [-0.2, 0) is 14.3 Å². The summed E-state index contributed by atoms with van der Waals surface area (Å²) in [6.07, 6.45) is 0.490. The smallest absolute Gasteiger partial charge is 0.306 e. The molecule has 0 bridgehead atoms. The van der Waals surface area contributed by atoms with Gasteiger partial charge in [0.2, 0.25) is 0 Å². The van der Waals surface area contributed by atoms with E-state index in [9.17, 15) is 4.79 Å². The van der Waals surface area contributed by atoms with Gasteiger partial charge in [-0.3, -0.25) is 4.79 Å². The van der Waals surface area contributed by atoms with Gasteiger partial charge in [0.1, 0.15) is 6.61 Å². The summed E-state index contributed by atoms with van der Waals surface area (Å²) in [5.74, 6) is 0.758. The molecule has 0 spiro atoms. The van der Waals surface area contributed by atoms with Crippen LogP contribution in [0, 0.1) is 11.8 Å². The second kappa shape index (κ2) is 7.80. The molecule has 0 N–H and O–H groups in total. The number of hydrogen-bond donors (Lipinski definition) is 0. The fourth-order valence-electron chi connectivity index (χ4n) is 0.926. The monoisotopic (exact) mass is 202 g/mol. The first-order valence-corrected chi connectivity index (χ1v) is 5.25. The van der Waals surface area contributed by atoms with E-state index in [0.717, 1.165) is 6.61 Å². The van der Waals surface area contributed by atoms with Crippen LogP contribution in [0.15, 0.2) is 0 Å². The SMILES string of the molecule is CC(C)COCCOC(=O)CC(C)C. The zero-order valence-corrected chi connectivity index (χ0v) is 9.71. The first-order chi connectivity index (χ1) is 6.52. The topological polar surface area (TPSA) is 35.5 Å². The molecule has 3 heteroatoms. The van der Waals surface area contributed by atoms with Gasteiger partial charge in [0.05, 0.1) is 6.61 Å². The van der Waals surface area contributed by atoms with Gasteiger partial charge < -0.3 is 9.47 Å². The highest BCUT2D eigenvalue weighted by Crippen LogP contribution is 2.00. The minimum Gasteiger partial charge on any atom is -0.463 e. The van der Waals surface area contributed by atoms with E-state index < -0.39 is 0 Å². The first-order valence-electron chi connectivity index (χ1n) is 5.25. The Kier molecular flexibility index (Phi) is 7.48. The van der Waals surface area contributed by atoms with Crippen molar-refractivity contribution in [2.45, 2.75) is 34.1 Å². The molecule has 0 saturated carbocycles. The molecule has 14 heavy (non-hydrogen) atoms. The molecule has 0 rings (SSSR count). The van der Waals surface area contributed by atoms with Crippen LogP contribution in [0.3, 0.4) is 0 Å². The largest absolute Gasteiger partial charge is 0.463 e. The zero-order chi connectivity index (χ0) is 11.0. The van der Waals surface area contributed by atoms with Gasteiger partial charge in [0, 0.05) is 13.0 Å². The van der Waals surface area contributed by atoms with E-state index in [1.54, 1.807) is 0 Å². The molecule has 0 aliphatic rings. The van der Waals surface area contributed by atoms with Crippen LogP contribution in [0.2, 0.25) is 0 Å². The second-order valence-corrected chi connectivity index (χ2v) is 4.29. The van der Waals surface area contributed by atoms with E-state index in [1.165, 1.54) is 0 Å². The summed E-state index contributed by atoms with van der Waals surface area (Å²) in [6.45, 7) is 9.77. The van der Waals surface area contributed by atoms with Crippen molar-refractivity contribution in [1.29, 1.82) is 0 Å². The van der Waals surface area contributed by atoms with Crippen molar-refractivity contribution in [3.05, 3.63) is 0 Å². The number of esters is 1. The summed E-state index contributed by atoms with van der Waals surface area (Å²) in [5, 5.41) is 0. The van der Waals surface area contributed by atoms with Crippen LogP contribution in [0.4, 0.5) is 0 Å². The second-order valence-electron chi connectivity index (χ2n) is 4.29. The summed E-state index contributed by atoms with van der Waals surface area (Å²) >= 11 is 0. The molecule has 0 aromatic carbocycles. The lowest BCUT2D eigenvalue weighted by Crippen LogP contribution is -2.13. The van der Waals surface area contributed by atoms with Gasteiger partial charge in [0.25, 0.3) is 0 Å². The number of ether oxygens (including phenoxy) is 2. The summed E-state index contributed by atoms with van der Waals surface area (Å²) < 4.78 is 10.2. The third-order valence-corrected chi connectivity index (χ3v) is 1.52. The highest BCUT2D eigenvalue weighted by Gasteiger charge is 2.05. The highest BCUT2D eigenvalue weighted by atomic mass is 16.6. The van der Waals surface area contributed by atoms with Gasteiger partial charge in [0.15, 0.2) is 0 Å². The molecule has 0 heterocycles. The van der Waals surface area contributed by atoms with Gasteiger partial charge in [-0.05, 0) is 11.8 Å². The van der Waals surface area contributed by atoms with Gasteiger partial charge in [-0.2, -0.15) is 0 Å². The predicted octanol–water partition coefficient (Wildman–Crippen LogP) is 2.25. The summed E-state index contributed by atoms with van der Waals surface area (Å²) in [4.78, 5) is 11.1. The van der Waals surface area contributed by atoms with Crippen LogP contribution in [-0.4, -0.2) is 25.8 Å². The fourth-order valence-corrected chi connectivity index (χ4v) is 0.926. The molecule has 0 aromatic rings. The average molecular weight is 202 g/mol. The molecule has 0 saturated heterocycles. The zero-order valence-electron chi connectivity index (χ0n) is 9.71. The Bertz CT molecular complexity index is 153. The Morgan fingerprint density at radius 3 is 2.21 bits per heavy atom. The van der Waals surface area contributed by atoms with Crippen LogP contribution in [0.25, 0.3) is 0 Å². The van der Waals surface area contributed by atoms with E-state index in [1.807, 2.05) is 13.8 Å². The van der Waals surface area contributed by atoms with Crippen molar-refractivity contribution in [2.75, 3.05) is 19.8 Å². The standard InChI is InChI=1S/C11H22O3/c1-9(2)7-11(12)14-6-5-13-8-10(3)4/h9-10H,5-8H2,1-4H3. The molecule has 0 aromatic heterocycles. The quantitative estimate of drug-likeness (QED) is 0.469. The third-order valence-electron chi connectivity index (χ3n) is 1.52. The predicted molar refractivity (Wildman–Crippen MR) is 56.1 cm³/mol. The van der Waals surface area contributed by atoms with Gasteiger partial charge in [-0.25, -0.2) is 0 Å². The van der Waals surface area contributed by atoms with Crippen molar-refractivity contribution in [2.24, 2.45) is 11.8 Å². The number of carbonyl (C=O) groups is 1. The maximum Gasteiger partial charge on any atom is 0.306 e. The van der Waals surface area contributed by atoms with E-state index in [2.05, 4.69) is 13.8 Å². The Morgan fingerprint density at radius 2 is 1.71 bits per heavy atom. The van der Waals surface area contributed by atoms with E-state index >= 15 is 0 Å². The minimum atomic E-state index is -0.131. The van der Waals surface area contributed by atoms with Gasteiger partial charge >= 0.3 is 5.97 Å². The first kappa shape index (κ1) is 13.4. The highest BCUT2D eigenvalue weighted by molar-refractivity contribution is 5.69. The lowest BCUT2D eigenvalue weighted by Gasteiger charge is -2.08. The van der Waals surface area contributed by atoms with Crippen LogP contribution in [0.5, 0.6) is 0 Å². The Balaban J connectivity index is 3.23. The van der Waals surface area contributed by atoms with Crippen molar-refractivity contribution in [3.63, 3.8) is 0 Å². The minimum absolute atomic E-state index is 0.131. The molecule has 0 atom stereocenters. The molecule has 0 aliphatic carbocycles. The lowest BCUT2D eigenvalue weighted by atomic mass is 10.1.